The second kappa shape index (κ2) is 12.8. The third kappa shape index (κ3) is 7.00. The van der Waals surface area contributed by atoms with Crippen molar-refractivity contribution in [2.75, 3.05) is 11.9 Å². The molecule has 4 atom stereocenters. The summed E-state index contributed by atoms with van der Waals surface area (Å²) in [5.41, 5.74) is 2.27. The van der Waals surface area contributed by atoms with Gasteiger partial charge in [0.25, 0.3) is 10.1 Å². The number of nitrogens with one attached hydrogen (secondary N) is 1. The number of hydrogen-bond donors (Lipinski definition) is 1. The number of anilines is 1. The lowest BCUT2D eigenvalue weighted by Gasteiger charge is -2.25. The standard InChI is InChI=1S/C33H46BrN5O7S/c1-16(2)19-12-20(17(3)4)26(21(13-19)18(5)6)47(41,42)43-14-22-24-25(46-33(10,11)45-24)30(44-22)39-29-23(27(34)38-39)28(35-15-36-29)37-31(40)32(7,8)9/h12-13,15-18,22,24-25,30H,14H2,1-11H3,(H,35,36,37,40)/t22-,24+,25+,30+/m0/s1. The molecule has 0 spiro atoms. The van der Waals surface area contributed by atoms with Gasteiger partial charge in [-0.3, -0.25) is 8.98 Å². The van der Waals surface area contributed by atoms with Gasteiger partial charge in [-0.05, 0) is 64.2 Å². The molecule has 1 aromatic carbocycles. The number of fused-ring (bicyclic) bond motifs is 2. The summed E-state index contributed by atoms with van der Waals surface area (Å²) in [5, 5.41) is 8.00. The smallest absolute Gasteiger partial charge is 0.297 e. The molecule has 258 valence electrons. The van der Waals surface area contributed by atoms with E-state index in [0.29, 0.717) is 21.5 Å². The molecule has 1 amide bonds. The van der Waals surface area contributed by atoms with E-state index in [-0.39, 0.29) is 35.2 Å². The number of carbonyl (C=O) groups is 1. The summed E-state index contributed by atoms with van der Waals surface area (Å²) in [5.74, 6) is -0.756. The van der Waals surface area contributed by atoms with E-state index >= 15 is 0 Å². The van der Waals surface area contributed by atoms with Gasteiger partial charge in [0.1, 0.15) is 40.0 Å². The first-order valence-electron chi connectivity index (χ1n) is 16.0. The molecule has 0 bridgehead atoms. The van der Waals surface area contributed by atoms with Gasteiger partial charge in [-0.25, -0.2) is 14.6 Å². The summed E-state index contributed by atoms with van der Waals surface area (Å²) >= 11 is 3.50. The Labute approximate surface area is 285 Å². The van der Waals surface area contributed by atoms with Crippen molar-refractivity contribution in [1.29, 1.82) is 0 Å². The van der Waals surface area contributed by atoms with Gasteiger partial charge in [0.2, 0.25) is 5.91 Å². The van der Waals surface area contributed by atoms with Gasteiger partial charge in [0.15, 0.2) is 17.7 Å². The Morgan fingerprint density at radius 3 is 2.17 bits per heavy atom. The van der Waals surface area contributed by atoms with E-state index in [1.807, 2.05) is 39.8 Å². The van der Waals surface area contributed by atoms with E-state index in [0.717, 1.165) is 16.7 Å². The number of amides is 1. The first kappa shape index (κ1) is 35.8. The summed E-state index contributed by atoms with van der Waals surface area (Å²) in [7, 11) is -4.21. The SMILES string of the molecule is CC(C)c1cc(C(C)C)c(S(=O)(=O)OC[C@@H]2O[C@@H](n3nc(Br)c4c(NC(=O)C(C)(C)C)ncnc43)[C@@H]3OC(C)(C)O[C@@H]32)c(C(C)C)c1. The van der Waals surface area contributed by atoms with Crippen LogP contribution in [0.3, 0.4) is 0 Å². The van der Waals surface area contributed by atoms with Crippen molar-refractivity contribution in [3.63, 3.8) is 0 Å². The van der Waals surface area contributed by atoms with Crippen molar-refractivity contribution in [2.24, 2.45) is 5.41 Å². The molecule has 3 aromatic rings. The van der Waals surface area contributed by atoms with E-state index in [9.17, 15) is 13.2 Å². The van der Waals surface area contributed by atoms with Crippen molar-refractivity contribution >= 4 is 48.8 Å². The molecule has 5 rings (SSSR count). The highest BCUT2D eigenvalue weighted by atomic mass is 79.9. The second-order valence-corrected chi connectivity index (χ2v) is 17.0. The van der Waals surface area contributed by atoms with Gasteiger partial charge in [-0.1, -0.05) is 74.4 Å². The minimum atomic E-state index is -4.21. The normalized spacial score (nSPS) is 23.0. The van der Waals surface area contributed by atoms with E-state index in [1.165, 1.54) is 6.33 Å². The summed E-state index contributed by atoms with van der Waals surface area (Å²) < 4.78 is 54.8. The number of carbonyl (C=O) groups excluding carboxylic acids is 1. The Morgan fingerprint density at radius 2 is 1.62 bits per heavy atom. The van der Waals surface area contributed by atoms with Gasteiger partial charge in [0, 0.05) is 5.41 Å². The van der Waals surface area contributed by atoms with Crippen LogP contribution in [-0.4, -0.2) is 64.8 Å². The third-order valence-corrected chi connectivity index (χ3v) is 10.4. The minimum absolute atomic E-state index is 0.0463. The molecule has 1 N–H and O–H groups in total. The average molecular weight is 737 g/mol. The van der Waals surface area contributed by atoms with Crippen LogP contribution in [0.4, 0.5) is 5.82 Å². The van der Waals surface area contributed by atoms with Gasteiger partial charge in [-0.2, -0.15) is 13.5 Å². The highest BCUT2D eigenvalue weighted by Crippen LogP contribution is 2.45. The zero-order chi connectivity index (χ0) is 34.8. The summed E-state index contributed by atoms with van der Waals surface area (Å²) in [6.07, 6.45) is -1.66. The van der Waals surface area contributed by atoms with E-state index in [2.05, 4.69) is 50.2 Å². The fourth-order valence-corrected chi connectivity index (χ4v) is 8.02. The molecule has 0 unspecified atom stereocenters. The lowest BCUT2D eigenvalue weighted by molar-refractivity contribution is -0.200. The molecular weight excluding hydrogens is 690 g/mol. The van der Waals surface area contributed by atoms with Gasteiger partial charge < -0.3 is 19.5 Å². The lowest BCUT2D eigenvalue weighted by Crippen LogP contribution is -2.34. The topological polar surface area (TPSA) is 144 Å². The maximum absolute atomic E-state index is 14.0. The number of hydrogen-bond acceptors (Lipinski definition) is 10. The fourth-order valence-electron chi connectivity index (χ4n) is 5.88. The highest BCUT2D eigenvalue weighted by molar-refractivity contribution is 9.10. The van der Waals surface area contributed by atoms with E-state index in [1.54, 1.807) is 39.3 Å². The molecular formula is C33H46BrN5O7S. The van der Waals surface area contributed by atoms with Crippen LogP contribution in [0.15, 0.2) is 28.0 Å². The Kier molecular flexibility index (Phi) is 9.72. The largest absolute Gasteiger partial charge is 0.345 e. The maximum Gasteiger partial charge on any atom is 0.297 e. The third-order valence-electron chi connectivity index (χ3n) is 8.44. The van der Waals surface area contributed by atoms with Gasteiger partial charge in [0.05, 0.1) is 12.0 Å². The fraction of sp³-hybridized carbons (Fsp3) is 0.636. The monoisotopic (exact) mass is 735 g/mol. The molecule has 0 aliphatic carbocycles. The number of ether oxygens (including phenoxy) is 3. The highest BCUT2D eigenvalue weighted by Gasteiger charge is 2.57. The van der Waals surface area contributed by atoms with Crippen LogP contribution in [0.1, 0.15) is 117 Å². The van der Waals surface area contributed by atoms with Crippen LogP contribution >= 0.6 is 15.9 Å². The minimum Gasteiger partial charge on any atom is -0.345 e. The van der Waals surface area contributed by atoms with Crippen LogP contribution < -0.4 is 5.32 Å². The molecule has 47 heavy (non-hydrogen) atoms. The number of rotatable bonds is 9. The molecule has 2 saturated heterocycles. The Morgan fingerprint density at radius 1 is 1.02 bits per heavy atom. The zero-order valence-electron chi connectivity index (χ0n) is 28.9. The molecule has 2 aromatic heterocycles. The van der Waals surface area contributed by atoms with Gasteiger partial charge >= 0.3 is 0 Å². The van der Waals surface area contributed by atoms with Crippen LogP contribution in [0.25, 0.3) is 11.0 Å². The van der Waals surface area contributed by atoms with Crippen molar-refractivity contribution in [1.82, 2.24) is 19.7 Å². The molecule has 4 heterocycles. The first-order valence-corrected chi connectivity index (χ1v) is 18.2. The molecule has 0 radical (unpaired) electrons. The molecule has 12 nitrogen and oxygen atoms in total. The molecule has 2 aliphatic heterocycles. The lowest BCUT2D eigenvalue weighted by atomic mass is 9.89. The van der Waals surface area contributed by atoms with Crippen LogP contribution in [0.5, 0.6) is 0 Å². The van der Waals surface area contributed by atoms with E-state index < -0.39 is 45.9 Å². The first-order chi connectivity index (χ1) is 21.7. The van der Waals surface area contributed by atoms with Gasteiger partial charge in [-0.15, -0.1) is 0 Å². The maximum atomic E-state index is 14.0. The molecule has 14 heteroatoms. The van der Waals surface area contributed by atoms with Crippen LogP contribution in [0, 0.1) is 5.41 Å². The number of halogens is 1. The molecule has 2 aliphatic rings. The second-order valence-electron chi connectivity index (χ2n) is 14.7. The summed E-state index contributed by atoms with van der Waals surface area (Å²) in [6, 6.07) is 3.96. The van der Waals surface area contributed by atoms with Crippen molar-refractivity contribution in [3.8, 4) is 0 Å². The van der Waals surface area contributed by atoms with Crippen molar-refractivity contribution in [3.05, 3.63) is 39.8 Å². The van der Waals surface area contributed by atoms with Crippen molar-refractivity contribution in [2.45, 2.75) is 129 Å². The quantitative estimate of drug-likeness (QED) is 0.234. The average Bonchev–Trinajstić information content (AvgIpc) is 3.58. The van der Waals surface area contributed by atoms with Crippen molar-refractivity contribution < 1.29 is 31.6 Å². The predicted octanol–water partition coefficient (Wildman–Crippen LogP) is 6.77. The zero-order valence-corrected chi connectivity index (χ0v) is 31.3. The number of aromatic nitrogens is 4. The predicted molar refractivity (Wildman–Crippen MR) is 181 cm³/mol. The summed E-state index contributed by atoms with van der Waals surface area (Å²) in [6.45, 7) is 20.8. The summed E-state index contributed by atoms with van der Waals surface area (Å²) in [4.78, 5) is 21.8. The Hall–Kier alpha value is -2.49. The number of nitrogens with zero attached hydrogens (tertiary/aromatic N) is 4. The molecule has 0 saturated carbocycles. The Bertz CT molecular complexity index is 1750. The van der Waals surface area contributed by atoms with E-state index in [4.69, 9.17) is 18.4 Å². The number of benzene rings is 1. The van der Waals surface area contributed by atoms with Crippen LogP contribution in [0.2, 0.25) is 0 Å². The molecule has 2 fully saturated rings. The van der Waals surface area contributed by atoms with Crippen LogP contribution in [-0.2, 0) is 33.3 Å². The Balaban J connectivity index is 1.48.